The fraction of sp³-hybridized carbons (Fsp3) is 0.600. The van der Waals surface area contributed by atoms with Crippen LogP contribution < -0.4 is 5.32 Å². The Hall–Kier alpha value is -1.09. The van der Waals surface area contributed by atoms with E-state index in [1.807, 2.05) is 0 Å². The predicted octanol–water partition coefficient (Wildman–Crippen LogP) is 4.28. The smallest absolute Gasteiger partial charge is 0.231 e. The molecule has 1 N–H and O–H groups in total. The van der Waals surface area contributed by atoms with E-state index >= 15 is 0 Å². The van der Waals surface area contributed by atoms with E-state index in [0.717, 1.165) is 32.1 Å². The summed E-state index contributed by atoms with van der Waals surface area (Å²) in [5.41, 5.74) is -0.227. The minimum Gasteiger partial charge on any atom is -0.309 e. The number of aromatic nitrogens is 1. The highest BCUT2D eigenvalue weighted by atomic mass is 35.5. The van der Waals surface area contributed by atoms with Gasteiger partial charge in [0, 0.05) is 11.6 Å². The normalized spacial score (nSPS) is 17.7. The summed E-state index contributed by atoms with van der Waals surface area (Å²) >= 11 is 6.05. The summed E-state index contributed by atoms with van der Waals surface area (Å²) in [5.74, 6) is 1.08. The first-order valence-electron chi connectivity index (χ1n) is 6.95. The third-order valence-corrected chi connectivity index (χ3v) is 4.14. The van der Waals surface area contributed by atoms with Gasteiger partial charge in [-0.1, -0.05) is 38.3 Å². The molecule has 0 saturated heterocycles. The number of amides is 1. The van der Waals surface area contributed by atoms with Gasteiger partial charge in [-0.25, -0.2) is 4.98 Å². The lowest BCUT2D eigenvalue weighted by molar-refractivity contribution is -0.126. The van der Waals surface area contributed by atoms with Crippen molar-refractivity contribution in [3.8, 4) is 0 Å². The first kappa shape index (κ1) is 14.3. The fourth-order valence-electron chi connectivity index (χ4n) is 3.07. The molecule has 0 unspecified atom stereocenters. The van der Waals surface area contributed by atoms with Crippen molar-refractivity contribution in [2.45, 2.75) is 46.0 Å². The number of carbonyl (C=O) groups excluding carboxylic acids is 1. The summed E-state index contributed by atoms with van der Waals surface area (Å²) in [6.07, 6.45) is 6.80. The Labute approximate surface area is 119 Å². The minimum atomic E-state index is -0.227. The molecule has 1 aromatic heterocycles. The number of carbonyl (C=O) groups is 1. The first-order chi connectivity index (χ1) is 9.03. The molecule has 4 heteroatoms. The van der Waals surface area contributed by atoms with Crippen LogP contribution in [-0.2, 0) is 4.79 Å². The van der Waals surface area contributed by atoms with Crippen molar-refractivity contribution in [2.24, 2.45) is 11.3 Å². The predicted molar refractivity (Wildman–Crippen MR) is 78.2 cm³/mol. The second-order valence-electron chi connectivity index (χ2n) is 5.87. The summed E-state index contributed by atoms with van der Waals surface area (Å²) in [6.45, 7) is 4.34. The summed E-state index contributed by atoms with van der Waals surface area (Å²) in [7, 11) is 0. The van der Waals surface area contributed by atoms with Crippen molar-refractivity contribution < 1.29 is 4.79 Å². The molecule has 0 aliphatic heterocycles. The molecule has 1 aromatic rings. The third-order valence-electron chi connectivity index (χ3n) is 3.83. The molecule has 1 saturated carbocycles. The van der Waals surface area contributed by atoms with E-state index in [2.05, 4.69) is 24.1 Å². The van der Waals surface area contributed by atoms with Crippen LogP contribution in [0.15, 0.2) is 18.3 Å². The zero-order valence-electron chi connectivity index (χ0n) is 11.6. The number of hydrogen-bond donors (Lipinski definition) is 1. The highest BCUT2D eigenvalue weighted by Gasteiger charge is 2.41. The molecule has 1 heterocycles. The van der Waals surface area contributed by atoms with Crippen molar-refractivity contribution in [3.05, 3.63) is 23.4 Å². The lowest BCUT2D eigenvalue weighted by atomic mass is 9.77. The molecular weight excluding hydrogens is 260 g/mol. The minimum absolute atomic E-state index is 0.0827. The number of pyridine rings is 1. The summed E-state index contributed by atoms with van der Waals surface area (Å²) in [6, 6.07) is 3.51. The van der Waals surface area contributed by atoms with E-state index < -0.39 is 0 Å². The van der Waals surface area contributed by atoms with E-state index in [0.29, 0.717) is 16.8 Å². The third kappa shape index (κ3) is 3.27. The van der Waals surface area contributed by atoms with Crippen molar-refractivity contribution in [2.75, 3.05) is 5.32 Å². The molecule has 0 spiro atoms. The number of rotatable bonds is 4. The molecule has 0 atom stereocenters. The monoisotopic (exact) mass is 280 g/mol. The molecular formula is C15H21ClN2O. The largest absolute Gasteiger partial charge is 0.309 e. The van der Waals surface area contributed by atoms with Gasteiger partial charge in [0.25, 0.3) is 0 Å². The van der Waals surface area contributed by atoms with Crippen LogP contribution in [0, 0.1) is 11.3 Å². The maximum Gasteiger partial charge on any atom is 0.231 e. The molecule has 2 rings (SSSR count). The zero-order valence-corrected chi connectivity index (χ0v) is 12.3. The van der Waals surface area contributed by atoms with Gasteiger partial charge < -0.3 is 5.32 Å². The van der Waals surface area contributed by atoms with Crippen molar-refractivity contribution in [1.82, 2.24) is 4.98 Å². The zero-order chi connectivity index (χ0) is 13.9. The lowest BCUT2D eigenvalue weighted by Gasteiger charge is -2.29. The molecule has 19 heavy (non-hydrogen) atoms. The highest BCUT2D eigenvalue weighted by molar-refractivity contribution is 6.33. The van der Waals surface area contributed by atoms with Gasteiger partial charge in [-0.3, -0.25) is 4.79 Å². The van der Waals surface area contributed by atoms with Gasteiger partial charge in [-0.05, 0) is 37.3 Å². The molecule has 0 aromatic carbocycles. The number of halogens is 1. The molecule has 1 aliphatic rings. The van der Waals surface area contributed by atoms with Gasteiger partial charge in [0.15, 0.2) is 5.82 Å². The average molecular weight is 281 g/mol. The SMILES string of the molecule is CC(C)CC1(C(=O)Nc2ncccc2Cl)CCCC1. The van der Waals surface area contributed by atoms with Gasteiger partial charge in [0.1, 0.15) is 0 Å². The number of nitrogens with one attached hydrogen (secondary N) is 1. The van der Waals surface area contributed by atoms with Crippen LogP contribution in [0.1, 0.15) is 46.0 Å². The Morgan fingerprint density at radius 2 is 2.16 bits per heavy atom. The second kappa shape index (κ2) is 5.91. The van der Waals surface area contributed by atoms with Gasteiger partial charge in [0.05, 0.1) is 5.02 Å². The van der Waals surface area contributed by atoms with E-state index in [1.165, 1.54) is 0 Å². The molecule has 1 fully saturated rings. The first-order valence-corrected chi connectivity index (χ1v) is 7.33. The van der Waals surface area contributed by atoms with E-state index in [-0.39, 0.29) is 11.3 Å². The van der Waals surface area contributed by atoms with Crippen LogP contribution in [0.25, 0.3) is 0 Å². The van der Waals surface area contributed by atoms with Crippen molar-refractivity contribution in [1.29, 1.82) is 0 Å². The highest BCUT2D eigenvalue weighted by Crippen LogP contribution is 2.44. The topological polar surface area (TPSA) is 42.0 Å². The van der Waals surface area contributed by atoms with Crippen LogP contribution in [0.3, 0.4) is 0 Å². The Morgan fingerprint density at radius 1 is 1.47 bits per heavy atom. The molecule has 3 nitrogen and oxygen atoms in total. The van der Waals surface area contributed by atoms with Crippen LogP contribution in [0.2, 0.25) is 5.02 Å². The van der Waals surface area contributed by atoms with Crippen LogP contribution >= 0.6 is 11.6 Å². The summed E-state index contributed by atoms with van der Waals surface area (Å²) in [4.78, 5) is 16.8. The Bertz CT molecular complexity index is 453. The molecule has 104 valence electrons. The quantitative estimate of drug-likeness (QED) is 0.894. The number of anilines is 1. The standard InChI is InChI=1S/C15H21ClN2O/c1-11(2)10-15(7-3-4-8-15)14(19)18-13-12(16)6-5-9-17-13/h5-6,9,11H,3-4,7-8,10H2,1-2H3,(H,17,18,19). The average Bonchev–Trinajstić information content (AvgIpc) is 2.81. The molecule has 0 radical (unpaired) electrons. The molecule has 0 bridgehead atoms. The Morgan fingerprint density at radius 3 is 2.74 bits per heavy atom. The van der Waals surface area contributed by atoms with Crippen LogP contribution in [0.5, 0.6) is 0 Å². The van der Waals surface area contributed by atoms with E-state index in [1.54, 1.807) is 18.3 Å². The lowest BCUT2D eigenvalue weighted by Crippen LogP contribution is -2.35. The van der Waals surface area contributed by atoms with Crippen molar-refractivity contribution in [3.63, 3.8) is 0 Å². The van der Waals surface area contributed by atoms with Gasteiger partial charge in [-0.2, -0.15) is 0 Å². The van der Waals surface area contributed by atoms with Gasteiger partial charge >= 0.3 is 0 Å². The maximum atomic E-state index is 12.6. The molecule has 1 amide bonds. The Kier molecular flexibility index (Phi) is 4.46. The van der Waals surface area contributed by atoms with Crippen molar-refractivity contribution >= 4 is 23.3 Å². The maximum absolute atomic E-state index is 12.6. The number of nitrogens with zero attached hydrogens (tertiary/aromatic N) is 1. The van der Waals surface area contributed by atoms with E-state index in [4.69, 9.17) is 11.6 Å². The summed E-state index contributed by atoms with van der Waals surface area (Å²) < 4.78 is 0. The van der Waals surface area contributed by atoms with Gasteiger partial charge in [-0.15, -0.1) is 0 Å². The molecule has 1 aliphatic carbocycles. The summed E-state index contributed by atoms with van der Waals surface area (Å²) in [5, 5.41) is 3.41. The van der Waals surface area contributed by atoms with E-state index in [9.17, 15) is 4.79 Å². The number of hydrogen-bond acceptors (Lipinski definition) is 2. The van der Waals surface area contributed by atoms with Gasteiger partial charge in [0.2, 0.25) is 5.91 Å². The fourth-order valence-corrected chi connectivity index (χ4v) is 3.24. The second-order valence-corrected chi connectivity index (χ2v) is 6.28. The van der Waals surface area contributed by atoms with Crippen LogP contribution in [0.4, 0.5) is 5.82 Å². The Balaban J connectivity index is 2.15. The van der Waals surface area contributed by atoms with Crippen LogP contribution in [-0.4, -0.2) is 10.9 Å².